The summed E-state index contributed by atoms with van der Waals surface area (Å²) in [6.07, 6.45) is 4.07. The van der Waals surface area contributed by atoms with Gasteiger partial charge >= 0.3 is 0 Å². The molecule has 1 heterocycles. The van der Waals surface area contributed by atoms with E-state index in [0.717, 1.165) is 0 Å². The highest BCUT2D eigenvalue weighted by Gasteiger charge is 2.00. The SMILES string of the molecule is COCCc1cnc(SC)[nH]c1=O. The summed E-state index contributed by atoms with van der Waals surface area (Å²) in [5, 5.41) is 0.645. The molecule has 0 spiro atoms. The zero-order valence-electron chi connectivity index (χ0n) is 7.66. The normalized spacial score (nSPS) is 10.3. The minimum atomic E-state index is -0.0728. The van der Waals surface area contributed by atoms with Gasteiger partial charge in [-0.25, -0.2) is 4.98 Å². The molecule has 0 aromatic carbocycles. The quantitative estimate of drug-likeness (QED) is 0.573. The van der Waals surface area contributed by atoms with Gasteiger partial charge in [0.15, 0.2) is 5.16 Å². The summed E-state index contributed by atoms with van der Waals surface area (Å²) in [5.41, 5.74) is 0.594. The number of rotatable bonds is 4. The molecule has 0 aliphatic carbocycles. The number of nitrogens with one attached hydrogen (secondary N) is 1. The third kappa shape index (κ3) is 2.86. The van der Waals surface area contributed by atoms with Crippen LogP contribution in [-0.2, 0) is 11.2 Å². The molecule has 0 fully saturated rings. The highest BCUT2D eigenvalue weighted by Crippen LogP contribution is 2.04. The van der Waals surface area contributed by atoms with Gasteiger partial charge in [0, 0.05) is 25.3 Å². The molecule has 0 unspecified atom stereocenters. The topological polar surface area (TPSA) is 55.0 Å². The first-order chi connectivity index (χ1) is 6.27. The molecule has 1 rings (SSSR count). The van der Waals surface area contributed by atoms with E-state index >= 15 is 0 Å². The molecule has 72 valence electrons. The van der Waals surface area contributed by atoms with E-state index in [2.05, 4.69) is 9.97 Å². The van der Waals surface area contributed by atoms with E-state index < -0.39 is 0 Å². The molecule has 4 nitrogen and oxygen atoms in total. The van der Waals surface area contributed by atoms with Crippen molar-refractivity contribution >= 4 is 11.8 Å². The third-order valence-electron chi connectivity index (χ3n) is 1.62. The number of hydrogen-bond acceptors (Lipinski definition) is 4. The van der Waals surface area contributed by atoms with E-state index in [4.69, 9.17) is 4.74 Å². The first-order valence-corrected chi connectivity index (χ1v) is 5.11. The van der Waals surface area contributed by atoms with E-state index in [-0.39, 0.29) is 5.56 Å². The highest BCUT2D eigenvalue weighted by molar-refractivity contribution is 7.98. The molecule has 0 atom stereocenters. The fourth-order valence-electron chi connectivity index (χ4n) is 0.899. The maximum absolute atomic E-state index is 11.3. The minimum Gasteiger partial charge on any atom is -0.384 e. The molecule has 0 aliphatic heterocycles. The van der Waals surface area contributed by atoms with Crippen LogP contribution in [0.1, 0.15) is 5.56 Å². The summed E-state index contributed by atoms with van der Waals surface area (Å²) in [6.45, 7) is 0.545. The number of aromatic amines is 1. The van der Waals surface area contributed by atoms with Gasteiger partial charge in [-0.05, 0) is 6.26 Å². The van der Waals surface area contributed by atoms with Crippen LogP contribution in [0, 0.1) is 0 Å². The van der Waals surface area contributed by atoms with E-state index in [9.17, 15) is 4.79 Å². The molecule has 0 saturated heterocycles. The van der Waals surface area contributed by atoms with Crippen LogP contribution in [0.4, 0.5) is 0 Å². The smallest absolute Gasteiger partial charge is 0.254 e. The molecule has 5 heteroatoms. The maximum Gasteiger partial charge on any atom is 0.254 e. The molecule has 0 radical (unpaired) electrons. The minimum absolute atomic E-state index is 0.0728. The first-order valence-electron chi connectivity index (χ1n) is 3.89. The van der Waals surface area contributed by atoms with E-state index in [0.29, 0.717) is 23.7 Å². The zero-order chi connectivity index (χ0) is 9.68. The molecule has 0 bridgehead atoms. The summed E-state index contributed by atoms with van der Waals surface area (Å²) in [4.78, 5) is 18.1. The Morgan fingerprint density at radius 1 is 1.69 bits per heavy atom. The average Bonchev–Trinajstić information content (AvgIpc) is 2.16. The van der Waals surface area contributed by atoms with Gasteiger partial charge in [0.05, 0.1) is 6.61 Å². The Morgan fingerprint density at radius 2 is 2.46 bits per heavy atom. The van der Waals surface area contributed by atoms with Crippen LogP contribution in [-0.4, -0.2) is 29.9 Å². The maximum atomic E-state index is 11.3. The third-order valence-corrected chi connectivity index (χ3v) is 2.21. The summed E-state index contributed by atoms with van der Waals surface area (Å²) in [5.74, 6) is 0. The lowest BCUT2D eigenvalue weighted by molar-refractivity contribution is 0.202. The van der Waals surface area contributed by atoms with Gasteiger partial charge in [-0.2, -0.15) is 0 Å². The van der Waals surface area contributed by atoms with Gasteiger partial charge in [0.2, 0.25) is 0 Å². The van der Waals surface area contributed by atoms with Crippen molar-refractivity contribution in [3.8, 4) is 0 Å². The Balaban J connectivity index is 2.80. The van der Waals surface area contributed by atoms with Gasteiger partial charge in [0.25, 0.3) is 5.56 Å². The second-order valence-corrected chi connectivity index (χ2v) is 3.28. The second-order valence-electron chi connectivity index (χ2n) is 2.49. The molecule has 1 aromatic rings. The Bertz CT molecular complexity index is 324. The van der Waals surface area contributed by atoms with Crippen LogP contribution in [0.5, 0.6) is 0 Å². The predicted molar refractivity (Wildman–Crippen MR) is 52.2 cm³/mol. The Morgan fingerprint density at radius 3 is 3.00 bits per heavy atom. The second kappa shape index (κ2) is 5.04. The van der Waals surface area contributed by atoms with Gasteiger partial charge in [-0.3, -0.25) is 4.79 Å². The van der Waals surface area contributed by atoms with E-state index in [1.54, 1.807) is 13.3 Å². The monoisotopic (exact) mass is 200 g/mol. The fourth-order valence-corrected chi connectivity index (χ4v) is 1.25. The van der Waals surface area contributed by atoms with Crippen LogP contribution in [0.15, 0.2) is 16.1 Å². The van der Waals surface area contributed by atoms with Crippen LogP contribution in [0.3, 0.4) is 0 Å². The number of methoxy groups -OCH3 is 1. The van der Waals surface area contributed by atoms with Crippen molar-refractivity contribution < 1.29 is 4.74 Å². The van der Waals surface area contributed by atoms with Crippen LogP contribution in [0.2, 0.25) is 0 Å². The highest BCUT2D eigenvalue weighted by atomic mass is 32.2. The lowest BCUT2D eigenvalue weighted by Gasteiger charge is -1.99. The molecule has 13 heavy (non-hydrogen) atoms. The summed E-state index contributed by atoms with van der Waals surface area (Å²) in [7, 11) is 1.61. The van der Waals surface area contributed by atoms with Crippen LogP contribution in [0.25, 0.3) is 0 Å². The van der Waals surface area contributed by atoms with E-state index in [1.165, 1.54) is 11.8 Å². The molecule has 0 saturated carbocycles. The molecule has 0 aliphatic rings. The van der Waals surface area contributed by atoms with Crippen molar-refractivity contribution in [1.29, 1.82) is 0 Å². The predicted octanol–water partition coefficient (Wildman–Crippen LogP) is 0.681. The number of thioether (sulfide) groups is 1. The van der Waals surface area contributed by atoms with E-state index in [1.807, 2.05) is 6.26 Å². The zero-order valence-corrected chi connectivity index (χ0v) is 8.48. The van der Waals surface area contributed by atoms with Crippen molar-refractivity contribution in [2.45, 2.75) is 11.6 Å². The largest absolute Gasteiger partial charge is 0.384 e. The molecule has 1 N–H and O–H groups in total. The Labute approximate surface area is 80.7 Å². The van der Waals surface area contributed by atoms with Gasteiger partial charge < -0.3 is 9.72 Å². The van der Waals surface area contributed by atoms with Crippen molar-refractivity contribution in [1.82, 2.24) is 9.97 Å². The number of nitrogens with zero attached hydrogens (tertiary/aromatic N) is 1. The molecule has 1 aromatic heterocycles. The Hall–Kier alpha value is -0.810. The van der Waals surface area contributed by atoms with Gasteiger partial charge in [-0.1, -0.05) is 11.8 Å². The van der Waals surface area contributed by atoms with Gasteiger partial charge in [-0.15, -0.1) is 0 Å². The fraction of sp³-hybridized carbons (Fsp3) is 0.500. The van der Waals surface area contributed by atoms with Crippen LogP contribution >= 0.6 is 11.8 Å². The standard InChI is InChI=1S/C8H12N2O2S/c1-12-4-3-6-5-9-8(13-2)10-7(6)11/h5H,3-4H2,1-2H3,(H,9,10,11). The summed E-state index contributed by atoms with van der Waals surface area (Å²) in [6, 6.07) is 0. The molecular weight excluding hydrogens is 188 g/mol. The first kappa shape index (κ1) is 10.3. The van der Waals surface area contributed by atoms with Crippen molar-refractivity contribution in [3.63, 3.8) is 0 Å². The van der Waals surface area contributed by atoms with Crippen molar-refractivity contribution in [2.24, 2.45) is 0 Å². The Kier molecular flexibility index (Phi) is 3.98. The number of aromatic nitrogens is 2. The average molecular weight is 200 g/mol. The lowest BCUT2D eigenvalue weighted by Crippen LogP contribution is -2.15. The van der Waals surface area contributed by atoms with Crippen molar-refractivity contribution in [3.05, 3.63) is 22.1 Å². The number of hydrogen-bond donors (Lipinski definition) is 1. The number of H-pyrrole nitrogens is 1. The lowest BCUT2D eigenvalue weighted by atomic mass is 10.2. The number of ether oxygens (including phenoxy) is 1. The summed E-state index contributed by atoms with van der Waals surface area (Å²) < 4.78 is 4.87. The molecular formula is C8H12N2O2S. The summed E-state index contributed by atoms with van der Waals surface area (Å²) >= 11 is 1.42. The van der Waals surface area contributed by atoms with Crippen LogP contribution < -0.4 is 5.56 Å². The molecule has 0 amide bonds. The van der Waals surface area contributed by atoms with Gasteiger partial charge in [0.1, 0.15) is 0 Å². The van der Waals surface area contributed by atoms with Crippen molar-refractivity contribution in [2.75, 3.05) is 20.0 Å².